The van der Waals surface area contributed by atoms with Gasteiger partial charge in [-0.25, -0.2) is 8.78 Å². The van der Waals surface area contributed by atoms with Gasteiger partial charge in [-0.2, -0.15) is 0 Å². The maximum absolute atomic E-state index is 13.3. The summed E-state index contributed by atoms with van der Waals surface area (Å²) in [6.07, 6.45) is 2.90. The van der Waals surface area contributed by atoms with Gasteiger partial charge in [0.05, 0.1) is 0 Å². The molecule has 0 aromatic heterocycles. The van der Waals surface area contributed by atoms with Crippen LogP contribution in [-0.2, 0) is 4.79 Å². The lowest BCUT2D eigenvalue weighted by molar-refractivity contribution is -0.109. The molecule has 0 saturated heterocycles. The molecule has 1 aromatic carbocycles. The monoisotopic (exact) mass is 306 g/mol. The summed E-state index contributed by atoms with van der Waals surface area (Å²) in [4.78, 5) is 10.6. The Morgan fingerprint density at radius 2 is 2.00 bits per heavy atom. The Kier molecular flexibility index (Phi) is 5.15. The standard InChI is InChI=1S/C11H9BrF2OS/c1-7(15)16-4-2-3-9-10(13)5-8(12)6-11(9)14/h2-3,5-6H,4H2,1H3. The zero-order chi connectivity index (χ0) is 12.1. The highest BCUT2D eigenvalue weighted by molar-refractivity contribution is 9.10. The van der Waals surface area contributed by atoms with Gasteiger partial charge in [-0.05, 0) is 12.1 Å². The molecule has 86 valence electrons. The van der Waals surface area contributed by atoms with Crippen LogP contribution in [0, 0.1) is 11.6 Å². The second-order valence-corrected chi connectivity index (χ2v) is 5.10. The Hall–Kier alpha value is -0.680. The number of carbonyl (C=O) groups excluding carboxylic acids is 1. The maximum Gasteiger partial charge on any atom is 0.186 e. The number of hydrogen-bond acceptors (Lipinski definition) is 2. The summed E-state index contributed by atoms with van der Waals surface area (Å²) in [7, 11) is 0. The van der Waals surface area contributed by atoms with Crippen LogP contribution in [0.5, 0.6) is 0 Å². The van der Waals surface area contributed by atoms with Crippen LogP contribution in [0.3, 0.4) is 0 Å². The molecule has 0 aliphatic rings. The second-order valence-electron chi connectivity index (χ2n) is 2.99. The summed E-state index contributed by atoms with van der Waals surface area (Å²) in [6, 6.07) is 2.39. The minimum atomic E-state index is -0.629. The average Bonchev–Trinajstić information content (AvgIpc) is 2.14. The molecule has 0 saturated carbocycles. The molecule has 1 aromatic rings. The molecule has 1 rings (SSSR count). The van der Waals surface area contributed by atoms with E-state index >= 15 is 0 Å². The van der Waals surface area contributed by atoms with E-state index in [-0.39, 0.29) is 10.7 Å². The Morgan fingerprint density at radius 1 is 1.44 bits per heavy atom. The van der Waals surface area contributed by atoms with Gasteiger partial charge in [-0.3, -0.25) is 4.79 Å². The number of carbonyl (C=O) groups is 1. The van der Waals surface area contributed by atoms with Crippen molar-refractivity contribution in [3.8, 4) is 0 Å². The van der Waals surface area contributed by atoms with E-state index in [1.54, 1.807) is 6.08 Å². The number of hydrogen-bond donors (Lipinski definition) is 0. The third kappa shape index (κ3) is 4.06. The molecule has 5 heteroatoms. The fourth-order valence-electron chi connectivity index (χ4n) is 1.04. The summed E-state index contributed by atoms with van der Waals surface area (Å²) in [5.41, 5.74) is -0.0904. The molecule has 0 spiro atoms. The van der Waals surface area contributed by atoms with Crippen LogP contribution in [0.1, 0.15) is 12.5 Å². The highest BCUT2D eigenvalue weighted by Crippen LogP contribution is 2.20. The summed E-state index contributed by atoms with van der Waals surface area (Å²) in [6.45, 7) is 1.44. The van der Waals surface area contributed by atoms with Crippen molar-refractivity contribution in [1.29, 1.82) is 0 Å². The fourth-order valence-corrected chi connectivity index (χ4v) is 1.87. The summed E-state index contributed by atoms with van der Waals surface area (Å²) in [5.74, 6) is -0.850. The molecule has 0 atom stereocenters. The van der Waals surface area contributed by atoms with Crippen LogP contribution in [0.25, 0.3) is 6.08 Å². The number of halogens is 3. The Balaban J connectivity index is 2.77. The topological polar surface area (TPSA) is 17.1 Å². The van der Waals surface area contributed by atoms with Crippen LogP contribution >= 0.6 is 27.7 Å². The van der Waals surface area contributed by atoms with Crippen molar-refractivity contribution in [2.75, 3.05) is 5.75 Å². The number of rotatable bonds is 3. The molecule has 0 aliphatic carbocycles. The van der Waals surface area contributed by atoms with Gasteiger partial charge in [0.2, 0.25) is 0 Å². The highest BCUT2D eigenvalue weighted by Gasteiger charge is 2.06. The zero-order valence-corrected chi connectivity index (χ0v) is 10.9. The maximum atomic E-state index is 13.3. The van der Waals surface area contributed by atoms with E-state index in [0.29, 0.717) is 10.2 Å². The van der Waals surface area contributed by atoms with Gasteiger partial charge in [0.25, 0.3) is 0 Å². The SMILES string of the molecule is CC(=O)SCC=Cc1c(F)cc(Br)cc1F. The van der Waals surface area contributed by atoms with E-state index in [0.717, 1.165) is 11.8 Å². The van der Waals surface area contributed by atoms with E-state index in [9.17, 15) is 13.6 Å². The predicted octanol–water partition coefficient (Wildman–Crippen LogP) is 4.02. The van der Waals surface area contributed by atoms with Gasteiger partial charge in [-0.15, -0.1) is 0 Å². The lowest BCUT2D eigenvalue weighted by Gasteiger charge is -2.00. The van der Waals surface area contributed by atoms with Crippen LogP contribution in [-0.4, -0.2) is 10.9 Å². The van der Waals surface area contributed by atoms with E-state index in [4.69, 9.17) is 0 Å². The van der Waals surface area contributed by atoms with Crippen molar-refractivity contribution in [1.82, 2.24) is 0 Å². The van der Waals surface area contributed by atoms with E-state index < -0.39 is 11.6 Å². The minimum Gasteiger partial charge on any atom is -0.288 e. The first-order valence-electron chi connectivity index (χ1n) is 4.45. The van der Waals surface area contributed by atoms with E-state index in [1.165, 1.54) is 25.1 Å². The molecule has 0 unspecified atom stereocenters. The Morgan fingerprint density at radius 3 is 2.50 bits per heavy atom. The lowest BCUT2D eigenvalue weighted by Crippen LogP contribution is -1.89. The van der Waals surface area contributed by atoms with Crippen molar-refractivity contribution in [3.63, 3.8) is 0 Å². The molecule has 0 N–H and O–H groups in total. The quantitative estimate of drug-likeness (QED) is 0.839. The zero-order valence-electron chi connectivity index (χ0n) is 8.47. The van der Waals surface area contributed by atoms with Crippen molar-refractivity contribution >= 4 is 38.9 Å². The van der Waals surface area contributed by atoms with Gasteiger partial charge in [0.15, 0.2) is 5.12 Å². The van der Waals surface area contributed by atoms with E-state index in [2.05, 4.69) is 15.9 Å². The first-order valence-corrected chi connectivity index (χ1v) is 6.23. The minimum absolute atomic E-state index is 0.0265. The van der Waals surface area contributed by atoms with Crippen LogP contribution in [0.2, 0.25) is 0 Å². The third-order valence-electron chi connectivity index (χ3n) is 1.71. The molecular weight excluding hydrogens is 298 g/mol. The Bertz CT molecular complexity index is 409. The molecule has 0 aliphatic heterocycles. The second kappa shape index (κ2) is 6.15. The third-order valence-corrected chi connectivity index (χ3v) is 2.93. The highest BCUT2D eigenvalue weighted by atomic mass is 79.9. The summed E-state index contributed by atoms with van der Waals surface area (Å²) >= 11 is 4.08. The average molecular weight is 307 g/mol. The van der Waals surface area contributed by atoms with Crippen LogP contribution in [0.15, 0.2) is 22.7 Å². The van der Waals surface area contributed by atoms with E-state index in [1.807, 2.05) is 0 Å². The van der Waals surface area contributed by atoms with Crippen molar-refractivity contribution in [3.05, 3.63) is 39.9 Å². The van der Waals surface area contributed by atoms with Crippen LogP contribution in [0.4, 0.5) is 8.78 Å². The van der Waals surface area contributed by atoms with Crippen LogP contribution < -0.4 is 0 Å². The number of thioether (sulfide) groups is 1. The normalized spacial score (nSPS) is 11.0. The molecule has 1 nitrogen and oxygen atoms in total. The molecular formula is C11H9BrF2OS. The molecule has 0 fully saturated rings. The first kappa shape index (κ1) is 13.4. The van der Waals surface area contributed by atoms with Gasteiger partial charge in [-0.1, -0.05) is 39.8 Å². The molecule has 0 radical (unpaired) electrons. The molecule has 16 heavy (non-hydrogen) atoms. The molecule has 0 heterocycles. The van der Waals surface area contributed by atoms with Gasteiger partial charge >= 0.3 is 0 Å². The summed E-state index contributed by atoms with van der Waals surface area (Å²) in [5, 5.41) is -0.0265. The predicted molar refractivity (Wildman–Crippen MR) is 66.2 cm³/mol. The molecule has 0 bridgehead atoms. The van der Waals surface area contributed by atoms with Gasteiger partial charge in [0, 0.05) is 22.7 Å². The first-order chi connectivity index (χ1) is 7.50. The van der Waals surface area contributed by atoms with Crippen molar-refractivity contribution < 1.29 is 13.6 Å². The van der Waals surface area contributed by atoms with Gasteiger partial charge in [0.1, 0.15) is 11.6 Å². The molecule has 0 amide bonds. The largest absolute Gasteiger partial charge is 0.288 e. The number of benzene rings is 1. The van der Waals surface area contributed by atoms with Crippen molar-refractivity contribution in [2.45, 2.75) is 6.92 Å². The van der Waals surface area contributed by atoms with Crippen molar-refractivity contribution in [2.24, 2.45) is 0 Å². The van der Waals surface area contributed by atoms with Gasteiger partial charge < -0.3 is 0 Å². The Labute approximate surface area is 105 Å². The fraction of sp³-hybridized carbons (Fsp3) is 0.182. The lowest BCUT2D eigenvalue weighted by atomic mass is 10.2. The summed E-state index contributed by atoms with van der Waals surface area (Å²) < 4.78 is 27.0. The smallest absolute Gasteiger partial charge is 0.186 e.